The molecule has 0 bridgehead atoms. The first-order valence-corrected chi connectivity index (χ1v) is 5.70. The molecule has 0 aromatic rings. The van der Waals surface area contributed by atoms with Gasteiger partial charge in [-0.15, -0.1) is 0 Å². The molecule has 0 aromatic heterocycles. The van der Waals surface area contributed by atoms with Gasteiger partial charge in [0.1, 0.15) is 0 Å². The lowest BCUT2D eigenvalue weighted by molar-refractivity contribution is -0.129. The van der Waals surface area contributed by atoms with Gasteiger partial charge in [0.25, 0.3) is 0 Å². The van der Waals surface area contributed by atoms with Crippen LogP contribution in [0.1, 0.15) is 19.3 Å². The first-order valence-electron chi connectivity index (χ1n) is 5.70. The lowest BCUT2D eigenvalue weighted by atomic mass is 9.96. The number of ether oxygens (including phenoxy) is 1. The summed E-state index contributed by atoms with van der Waals surface area (Å²) in [4.78, 5) is 13.3. The number of nitrogens with zero attached hydrogens (tertiary/aromatic N) is 1. The normalized spacial score (nSPS) is 17.7. The Bertz CT molecular complexity index is 191. The van der Waals surface area contributed by atoms with Crippen molar-refractivity contribution in [2.24, 2.45) is 5.92 Å². The maximum absolute atomic E-state index is 11.5. The molecule has 1 aliphatic rings. The number of amides is 1. The lowest BCUT2D eigenvalue weighted by Crippen LogP contribution is -2.35. The predicted octanol–water partition coefficient (Wildman–Crippen LogP) is 0.481. The molecule has 1 aliphatic heterocycles. The van der Waals surface area contributed by atoms with Crippen LogP contribution in [-0.2, 0) is 9.53 Å². The fourth-order valence-corrected chi connectivity index (χ4v) is 1.82. The van der Waals surface area contributed by atoms with E-state index < -0.39 is 0 Å². The molecule has 0 radical (unpaired) electrons. The Balaban J connectivity index is 2.14. The van der Waals surface area contributed by atoms with Crippen LogP contribution >= 0.6 is 0 Å². The zero-order valence-electron chi connectivity index (χ0n) is 9.79. The minimum absolute atomic E-state index is 0.171. The topological polar surface area (TPSA) is 41.6 Å². The third kappa shape index (κ3) is 4.62. The fourth-order valence-electron chi connectivity index (χ4n) is 1.82. The van der Waals surface area contributed by atoms with Crippen molar-refractivity contribution in [2.45, 2.75) is 19.3 Å². The van der Waals surface area contributed by atoms with Crippen molar-refractivity contribution in [3.05, 3.63) is 0 Å². The highest BCUT2D eigenvalue weighted by molar-refractivity contribution is 5.77. The molecule has 0 atom stereocenters. The highest BCUT2D eigenvalue weighted by Crippen LogP contribution is 2.18. The van der Waals surface area contributed by atoms with Gasteiger partial charge in [-0.3, -0.25) is 4.79 Å². The third-order valence-corrected chi connectivity index (χ3v) is 2.97. The molecule has 88 valence electrons. The predicted molar refractivity (Wildman–Crippen MR) is 59.7 cm³/mol. The van der Waals surface area contributed by atoms with Gasteiger partial charge in [0.2, 0.25) is 5.91 Å². The number of nitrogens with one attached hydrogen (secondary N) is 1. The smallest absolute Gasteiger partial charge is 0.236 e. The van der Waals surface area contributed by atoms with Gasteiger partial charge < -0.3 is 15.0 Å². The van der Waals surface area contributed by atoms with Gasteiger partial charge in [0.15, 0.2) is 0 Å². The summed E-state index contributed by atoms with van der Waals surface area (Å²) in [6.07, 6.45) is 3.40. The van der Waals surface area contributed by atoms with E-state index >= 15 is 0 Å². The summed E-state index contributed by atoms with van der Waals surface area (Å²) in [6.45, 7) is 3.08. The molecular weight excluding hydrogens is 192 g/mol. The molecule has 15 heavy (non-hydrogen) atoms. The Morgan fingerprint density at radius 1 is 1.47 bits per heavy atom. The molecule has 1 N–H and O–H groups in total. The van der Waals surface area contributed by atoms with E-state index in [2.05, 4.69) is 5.32 Å². The molecule has 4 heteroatoms. The molecule has 1 fully saturated rings. The maximum atomic E-state index is 11.5. The summed E-state index contributed by atoms with van der Waals surface area (Å²) in [7, 11) is 3.67. The third-order valence-electron chi connectivity index (χ3n) is 2.97. The van der Waals surface area contributed by atoms with Crippen molar-refractivity contribution in [1.29, 1.82) is 0 Å². The Hall–Kier alpha value is -0.610. The van der Waals surface area contributed by atoms with Crippen LogP contribution in [0.5, 0.6) is 0 Å². The number of hydrogen-bond donors (Lipinski definition) is 1. The first-order chi connectivity index (χ1) is 7.24. The van der Waals surface area contributed by atoms with Gasteiger partial charge in [-0.05, 0) is 32.2 Å². The largest absolute Gasteiger partial charge is 0.381 e. The monoisotopic (exact) mass is 214 g/mol. The second kappa shape index (κ2) is 6.80. The van der Waals surface area contributed by atoms with Gasteiger partial charge in [-0.2, -0.15) is 0 Å². The van der Waals surface area contributed by atoms with E-state index in [1.807, 2.05) is 11.9 Å². The zero-order valence-corrected chi connectivity index (χ0v) is 9.79. The Labute approximate surface area is 92.0 Å². The summed E-state index contributed by atoms with van der Waals surface area (Å²) < 4.78 is 5.30. The molecule has 0 aliphatic carbocycles. The van der Waals surface area contributed by atoms with Crippen LogP contribution in [0.25, 0.3) is 0 Å². The van der Waals surface area contributed by atoms with Gasteiger partial charge >= 0.3 is 0 Å². The van der Waals surface area contributed by atoms with Crippen LogP contribution in [0.3, 0.4) is 0 Å². The van der Waals surface area contributed by atoms with E-state index in [4.69, 9.17) is 4.74 Å². The number of likely N-dealkylation sites (N-methyl/N-ethyl adjacent to an activating group) is 2. The van der Waals surface area contributed by atoms with Gasteiger partial charge in [-0.1, -0.05) is 0 Å². The molecule has 0 spiro atoms. The maximum Gasteiger partial charge on any atom is 0.236 e. The number of hydrogen-bond acceptors (Lipinski definition) is 3. The van der Waals surface area contributed by atoms with E-state index in [1.54, 1.807) is 7.05 Å². The van der Waals surface area contributed by atoms with Crippen molar-refractivity contribution in [3.8, 4) is 0 Å². The zero-order chi connectivity index (χ0) is 11.1. The van der Waals surface area contributed by atoms with Gasteiger partial charge in [0.05, 0.1) is 6.54 Å². The Morgan fingerprint density at radius 2 is 2.13 bits per heavy atom. The number of rotatable bonds is 5. The molecule has 0 aromatic carbocycles. The quantitative estimate of drug-likeness (QED) is 0.724. The van der Waals surface area contributed by atoms with Gasteiger partial charge in [-0.25, -0.2) is 0 Å². The van der Waals surface area contributed by atoms with Crippen LogP contribution in [0, 0.1) is 5.92 Å². The Kier molecular flexibility index (Phi) is 5.65. The molecule has 1 amide bonds. The Morgan fingerprint density at radius 3 is 2.73 bits per heavy atom. The SMILES string of the molecule is CNCC(=O)N(C)CCC1CCOCC1. The van der Waals surface area contributed by atoms with E-state index in [-0.39, 0.29) is 5.91 Å². The summed E-state index contributed by atoms with van der Waals surface area (Å²) in [5.41, 5.74) is 0. The highest BCUT2D eigenvalue weighted by Gasteiger charge is 2.15. The van der Waals surface area contributed by atoms with Crippen molar-refractivity contribution in [2.75, 3.05) is 40.4 Å². The van der Waals surface area contributed by atoms with Crippen molar-refractivity contribution < 1.29 is 9.53 Å². The summed E-state index contributed by atoms with van der Waals surface area (Å²) in [5, 5.41) is 2.88. The standard InChI is InChI=1S/C11H22N2O2/c1-12-9-11(14)13(2)6-3-10-4-7-15-8-5-10/h10,12H,3-9H2,1-2H3. The number of carbonyl (C=O) groups excluding carboxylic acids is 1. The minimum atomic E-state index is 0.171. The van der Waals surface area contributed by atoms with Crippen LogP contribution in [0.15, 0.2) is 0 Å². The molecule has 1 saturated heterocycles. The fraction of sp³-hybridized carbons (Fsp3) is 0.909. The van der Waals surface area contributed by atoms with E-state index in [1.165, 1.54) is 0 Å². The summed E-state index contributed by atoms with van der Waals surface area (Å²) in [5.74, 6) is 0.910. The van der Waals surface area contributed by atoms with E-state index in [0.29, 0.717) is 6.54 Å². The molecule has 4 nitrogen and oxygen atoms in total. The van der Waals surface area contributed by atoms with Gasteiger partial charge in [0, 0.05) is 26.8 Å². The summed E-state index contributed by atoms with van der Waals surface area (Å²) in [6, 6.07) is 0. The van der Waals surface area contributed by atoms with Crippen LogP contribution in [-0.4, -0.2) is 51.2 Å². The van der Waals surface area contributed by atoms with Crippen LogP contribution in [0.4, 0.5) is 0 Å². The van der Waals surface area contributed by atoms with E-state index in [0.717, 1.165) is 44.9 Å². The average molecular weight is 214 g/mol. The van der Waals surface area contributed by atoms with Crippen molar-refractivity contribution in [1.82, 2.24) is 10.2 Å². The minimum Gasteiger partial charge on any atom is -0.381 e. The molecule has 1 heterocycles. The van der Waals surface area contributed by atoms with Crippen molar-refractivity contribution in [3.63, 3.8) is 0 Å². The van der Waals surface area contributed by atoms with Crippen LogP contribution in [0.2, 0.25) is 0 Å². The second-order valence-electron chi connectivity index (χ2n) is 4.19. The molecular formula is C11H22N2O2. The first kappa shape index (κ1) is 12.5. The van der Waals surface area contributed by atoms with Crippen LogP contribution < -0.4 is 5.32 Å². The lowest BCUT2D eigenvalue weighted by Gasteiger charge is -2.24. The number of carbonyl (C=O) groups is 1. The highest BCUT2D eigenvalue weighted by atomic mass is 16.5. The molecule has 1 rings (SSSR count). The van der Waals surface area contributed by atoms with E-state index in [9.17, 15) is 4.79 Å². The van der Waals surface area contributed by atoms with Crippen molar-refractivity contribution >= 4 is 5.91 Å². The summed E-state index contributed by atoms with van der Waals surface area (Å²) >= 11 is 0. The second-order valence-corrected chi connectivity index (χ2v) is 4.19. The average Bonchev–Trinajstić information content (AvgIpc) is 2.27. The molecule has 0 saturated carbocycles. The molecule has 0 unspecified atom stereocenters.